The van der Waals surface area contributed by atoms with Gasteiger partial charge in [-0.2, -0.15) is 5.26 Å². The van der Waals surface area contributed by atoms with Gasteiger partial charge in [0.05, 0.1) is 21.2 Å². The van der Waals surface area contributed by atoms with Crippen LogP contribution in [0.3, 0.4) is 0 Å². The van der Waals surface area contributed by atoms with Crippen molar-refractivity contribution in [1.29, 1.82) is 5.26 Å². The lowest BCUT2D eigenvalue weighted by Crippen LogP contribution is -2.04. The molecule has 0 saturated carbocycles. The van der Waals surface area contributed by atoms with Crippen LogP contribution in [0.4, 0.5) is 5.69 Å². The van der Waals surface area contributed by atoms with E-state index in [1.807, 2.05) is 0 Å². The van der Waals surface area contributed by atoms with Crippen LogP contribution in [0.5, 0.6) is 0 Å². The van der Waals surface area contributed by atoms with E-state index >= 15 is 0 Å². The molecule has 0 aliphatic rings. The molecule has 0 unspecified atom stereocenters. The lowest BCUT2D eigenvalue weighted by Gasteiger charge is -2.02. The summed E-state index contributed by atoms with van der Waals surface area (Å²) in [5, 5.41) is 19.4. The molecule has 1 aromatic carbocycles. The quantitative estimate of drug-likeness (QED) is 0.357. The summed E-state index contributed by atoms with van der Waals surface area (Å²) in [6.07, 6.45) is 0. The average molecular weight is 332 g/mol. The van der Waals surface area contributed by atoms with Crippen molar-refractivity contribution < 1.29 is 14.5 Å². The molecule has 0 N–H and O–H groups in total. The number of nitro benzene ring substituents is 1. The number of esters is 1. The van der Waals surface area contributed by atoms with E-state index in [-0.39, 0.29) is 20.4 Å². The number of methoxy groups -OCH3 is 1. The molecule has 7 heteroatoms. The summed E-state index contributed by atoms with van der Waals surface area (Å²) in [5.74, 6) is -0.635. The largest absolute Gasteiger partial charge is 0.465 e. The highest BCUT2D eigenvalue weighted by Gasteiger charge is 2.21. The van der Waals surface area contributed by atoms with Crippen LogP contribution in [0, 0.1) is 25.0 Å². The molecule has 1 aromatic rings. The number of benzene rings is 1. The molecule has 0 atom stereocenters. The van der Waals surface area contributed by atoms with Gasteiger partial charge in [0, 0.05) is 0 Å². The van der Waals surface area contributed by atoms with Crippen molar-refractivity contribution in [3.05, 3.63) is 36.9 Å². The predicted octanol–water partition coefficient (Wildman–Crippen LogP) is 1.86. The predicted molar refractivity (Wildman–Crippen MR) is 61.9 cm³/mol. The first-order valence-corrected chi connectivity index (χ1v) is 5.05. The Kier molecular flexibility index (Phi) is 3.78. The van der Waals surface area contributed by atoms with Gasteiger partial charge in [-0.3, -0.25) is 10.1 Å². The lowest BCUT2D eigenvalue weighted by molar-refractivity contribution is -0.386. The summed E-state index contributed by atoms with van der Waals surface area (Å²) in [5.41, 5.74) is -0.331. The summed E-state index contributed by atoms with van der Waals surface area (Å²) < 4.78 is 4.69. The zero-order chi connectivity index (χ0) is 12.3. The monoisotopic (exact) mass is 332 g/mol. The van der Waals surface area contributed by atoms with Crippen molar-refractivity contribution >= 4 is 34.2 Å². The summed E-state index contributed by atoms with van der Waals surface area (Å²) >= 11 is 1.70. The zero-order valence-electron chi connectivity index (χ0n) is 8.06. The highest BCUT2D eigenvalue weighted by atomic mass is 127. The van der Waals surface area contributed by atoms with E-state index in [1.165, 1.54) is 13.2 Å². The van der Waals surface area contributed by atoms with Crippen molar-refractivity contribution in [3.8, 4) is 6.07 Å². The van der Waals surface area contributed by atoms with E-state index in [1.54, 1.807) is 28.7 Å². The first-order valence-electron chi connectivity index (χ1n) is 3.97. The number of nitrogens with zero attached hydrogens (tertiary/aromatic N) is 2. The number of nitriles is 1. The van der Waals surface area contributed by atoms with Gasteiger partial charge in [-0.05, 0) is 34.7 Å². The Bertz CT molecular complexity index is 507. The van der Waals surface area contributed by atoms with E-state index < -0.39 is 10.9 Å². The maximum absolute atomic E-state index is 11.2. The zero-order valence-corrected chi connectivity index (χ0v) is 10.2. The SMILES string of the molecule is COC(=O)c1cc(I)c([N+](=O)[O-])c(C#N)c1. The molecule has 0 radical (unpaired) electrons. The fourth-order valence-corrected chi connectivity index (χ4v) is 1.93. The maximum atomic E-state index is 11.2. The molecule has 0 aromatic heterocycles. The average Bonchev–Trinajstić information content (AvgIpc) is 2.26. The summed E-state index contributed by atoms with van der Waals surface area (Å²) in [6, 6.07) is 4.14. The van der Waals surface area contributed by atoms with Crippen LogP contribution in [-0.2, 0) is 4.74 Å². The molecule has 0 spiro atoms. The molecule has 1 rings (SSSR count). The highest BCUT2D eigenvalue weighted by molar-refractivity contribution is 14.1. The minimum Gasteiger partial charge on any atom is -0.465 e. The Morgan fingerprint density at radius 1 is 1.62 bits per heavy atom. The second-order valence-corrected chi connectivity index (χ2v) is 3.88. The van der Waals surface area contributed by atoms with E-state index in [4.69, 9.17) is 5.26 Å². The fourth-order valence-electron chi connectivity index (χ4n) is 1.11. The van der Waals surface area contributed by atoms with Crippen molar-refractivity contribution in [2.45, 2.75) is 0 Å². The number of halogens is 1. The maximum Gasteiger partial charge on any atom is 0.337 e. The topological polar surface area (TPSA) is 93.2 Å². The number of nitro groups is 1. The van der Waals surface area contributed by atoms with E-state index in [2.05, 4.69) is 4.74 Å². The van der Waals surface area contributed by atoms with Gasteiger partial charge in [0.1, 0.15) is 11.6 Å². The summed E-state index contributed by atoms with van der Waals surface area (Å²) in [4.78, 5) is 21.2. The number of carbonyl (C=O) groups excluding carboxylic acids is 1. The second-order valence-electron chi connectivity index (χ2n) is 2.71. The first kappa shape index (κ1) is 12.4. The smallest absolute Gasteiger partial charge is 0.337 e. The molecule has 82 valence electrons. The number of rotatable bonds is 2. The molecule has 0 aliphatic heterocycles. The number of hydrogen-bond acceptors (Lipinski definition) is 5. The van der Waals surface area contributed by atoms with E-state index in [9.17, 15) is 14.9 Å². The Labute approximate surface area is 104 Å². The van der Waals surface area contributed by atoms with Gasteiger partial charge < -0.3 is 4.74 Å². The number of ether oxygens (including phenoxy) is 1. The van der Waals surface area contributed by atoms with Crippen LogP contribution in [0.15, 0.2) is 12.1 Å². The van der Waals surface area contributed by atoms with Crippen molar-refractivity contribution in [3.63, 3.8) is 0 Å². The number of hydrogen-bond donors (Lipinski definition) is 0. The standard InChI is InChI=1S/C9H5IN2O4/c1-16-9(13)5-2-6(4-11)8(12(14)15)7(10)3-5/h2-3H,1H3. The third kappa shape index (κ3) is 2.27. The Morgan fingerprint density at radius 2 is 2.25 bits per heavy atom. The summed E-state index contributed by atoms with van der Waals surface area (Å²) in [7, 11) is 1.20. The molecule has 0 amide bonds. The van der Waals surface area contributed by atoms with Gasteiger partial charge in [0.2, 0.25) is 0 Å². The van der Waals surface area contributed by atoms with Gasteiger partial charge in [0.25, 0.3) is 5.69 Å². The molecule has 0 heterocycles. The van der Waals surface area contributed by atoms with Gasteiger partial charge in [0.15, 0.2) is 0 Å². The fraction of sp³-hybridized carbons (Fsp3) is 0.111. The first-order chi connectivity index (χ1) is 7.51. The van der Waals surface area contributed by atoms with Crippen molar-refractivity contribution in [2.75, 3.05) is 7.11 Å². The Balaban J connectivity index is 3.45. The van der Waals surface area contributed by atoms with Gasteiger partial charge >= 0.3 is 5.97 Å². The minimum atomic E-state index is -0.651. The van der Waals surface area contributed by atoms with Crippen molar-refractivity contribution in [1.82, 2.24) is 0 Å². The third-order valence-corrected chi connectivity index (χ3v) is 2.61. The third-order valence-electron chi connectivity index (χ3n) is 1.79. The normalized spacial score (nSPS) is 9.31. The molecule has 0 aliphatic carbocycles. The molecular weight excluding hydrogens is 327 g/mol. The van der Waals surface area contributed by atoms with Crippen LogP contribution in [0.2, 0.25) is 0 Å². The van der Waals surface area contributed by atoms with Crippen LogP contribution in [0.1, 0.15) is 15.9 Å². The van der Waals surface area contributed by atoms with Gasteiger partial charge in [-0.15, -0.1) is 0 Å². The van der Waals surface area contributed by atoms with Crippen LogP contribution in [0.25, 0.3) is 0 Å². The van der Waals surface area contributed by atoms with Gasteiger partial charge in [-0.25, -0.2) is 4.79 Å². The van der Waals surface area contributed by atoms with Crippen LogP contribution >= 0.6 is 22.6 Å². The molecular formula is C9H5IN2O4. The molecule has 0 saturated heterocycles. The lowest BCUT2D eigenvalue weighted by atomic mass is 10.1. The molecule has 6 nitrogen and oxygen atoms in total. The second kappa shape index (κ2) is 4.89. The van der Waals surface area contributed by atoms with E-state index in [0.717, 1.165) is 6.07 Å². The van der Waals surface area contributed by atoms with Crippen molar-refractivity contribution in [2.24, 2.45) is 0 Å². The van der Waals surface area contributed by atoms with Crippen LogP contribution in [-0.4, -0.2) is 18.0 Å². The van der Waals surface area contributed by atoms with E-state index in [0.29, 0.717) is 0 Å². The minimum absolute atomic E-state index is 0.119. The van der Waals surface area contributed by atoms with Gasteiger partial charge in [-0.1, -0.05) is 0 Å². The highest BCUT2D eigenvalue weighted by Crippen LogP contribution is 2.26. The molecule has 16 heavy (non-hydrogen) atoms. The number of carbonyl (C=O) groups is 1. The summed E-state index contributed by atoms with van der Waals surface area (Å²) in [6.45, 7) is 0. The Hall–Kier alpha value is -1.69. The molecule has 0 bridgehead atoms. The Morgan fingerprint density at radius 3 is 2.69 bits per heavy atom. The van der Waals surface area contributed by atoms with Crippen LogP contribution < -0.4 is 0 Å². The molecule has 0 fully saturated rings.